The standard InChI is InChI=1S/C22H25N7/c1-3-23-11-8-16-6-5-7-18(14-16)26-22-25-15-19-21(28-22)29(4-2)20(27-19)17-9-12-24-13-10-17/h5-7,9-10,12-15,23H,3-4,8,11H2,1-2H3,(H,25,26,28). The van der Waals surface area contributed by atoms with Crippen LogP contribution in [0.2, 0.25) is 0 Å². The summed E-state index contributed by atoms with van der Waals surface area (Å²) in [6, 6.07) is 12.3. The van der Waals surface area contributed by atoms with Crippen LogP contribution in [-0.4, -0.2) is 37.6 Å². The first kappa shape index (κ1) is 19.0. The first-order valence-corrected chi connectivity index (χ1v) is 9.99. The number of benzene rings is 1. The molecule has 2 N–H and O–H groups in total. The highest BCUT2D eigenvalue weighted by Gasteiger charge is 2.14. The van der Waals surface area contributed by atoms with Crippen LogP contribution in [0.25, 0.3) is 22.6 Å². The molecule has 0 aliphatic carbocycles. The largest absolute Gasteiger partial charge is 0.324 e. The van der Waals surface area contributed by atoms with Crippen molar-refractivity contribution in [3.63, 3.8) is 0 Å². The summed E-state index contributed by atoms with van der Waals surface area (Å²) in [5.74, 6) is 1.44. The maximum absolute atomic E-state index is 4.74. The smallest absolute Gasteiger partial charge is 0.229 e. The SMILES string of the molecule is CCNCCc1cccc(Nc2ncc3nc(-c4ccncc4)n(CC)c3n2)c1. The van der Waals surface area contributed by atoms with Gasteiger partial charge in [-0.1, -0.05) is 19.1 Å². The fourth-order valence-electron chi connectivity index (χ4n) is 3.34. The van der Waals surface area contributed by atoms with E-state index in [9.17, 15) is 0 Å². The quantitative estimate of drug-likeness (QED) is 0.448. The Kier molecular flexibility index (Phi) is 5.76. The second-order valence-electron chi connectivity index (χ2n) is 6.75. The molecule has 0 saturated carbocycles. The first-order chi connectivity index (χ1) is 14.3. The molecule has 4 aromatic rings. The molecule has 0 radical (unpaired) electrons. The lowest BCUT2D eigenvalue weighted by molar-refractivity contribution is 0.717. The van der Waals surface area contributed by atoms with Crippen LogP contribution in [0.3, 0.4) is 0 Å². The minimum atomic E-state index is 0.567. The van der Waals surface area contributed by atoms with Gasteiger partial charge in [-0.2, -0.15) is 4.98 Å². The maximum atomic E-state index is 4.74. The Morgan fingerprint density at radius 3 is 2.69 bits per heavy atom. The Hall–Kier alpha value is -3.32. The van der Waals surface area contributed by atoms with Gasteiger partial charge in [0.2, 0.25) is 5.95 Å². The highest BCUT2D eigenvalue weighted by atomic mass is 15.2. The van der Waals surface area contributed by atoms with Gasteiger partial charge in [0, 0.05) is 30.2 Å². The summed E-state index contributed by atoms with van der Waals surface area (Å²) in [7, 11) is 0. The number of imidazole rings is 1. The van der Waals surface area contributed by atoms with E-state index in [-0.39, 0.29) is 0 Å². The van der Waals surface area contributed by atoms with Crippen molar-refractivity contribution in [3.05, 3.63) is 60.6 Å². The molecule has 0 aliphatic heterocycles. The predicted molar refractivity (Wildman–Crippen MR) is 116 cm³/mol. The molecule has 7 nitrogen and oxygen atoms in total. The lowest BCUT2D eigenvalue weighted by Crippen LogP contribution is -2.16. The molecule has 4 rings (SSSR count). The molecule has 3 aromatic heterocycles. The second-order valence-corrected chi connectivity index (χ2v) is 6.75. The fourth-order valence-corrected chi connectivity index (χ4v) is 3.34. The molecule has 3 heterocycles. The van der Waals surface area contributed by atoms with Crippen LogP contribution in [0, 0.1) is 0 Å². The van der Waals surface area contributed by atoms with Crippen molar-refractivity contribution in [1.29, 1.82) is 0 Å². The van der Waals surface area contributed by atoms with Crippen molar-refractivity contribution < 1.29 is 0 Å². The fraction of sp³-hybridized carbons (Fsp3) is 0.273. The maximum Gasteiger partial charge on any atom is 0.229 e. The predicted octanol–water partition coefficient (Wildman–Crippen LogP) is 3.80. The third-order valence-corrected chi connectivity index (χ3v) is 4.77. The van der Waals surface area contributed by atoms with Gasteiger partial charge in [0.1, 0.15) is 11.3 Å². The van der Waals surface area contributed by atoms with E-state index in [4.69, 9.17) is 9.97 Å². The molecule has 7 heteroatoms. The summed E-state index contributed by atoms with van der Waals surface area (Å²) in [6.45, 7) is 6.93. The number of nitrogens with one attached hydrogen (secondary N) is 2. The van der Waals surface area contributed by atoms with Gasteiger partial charge >= 0.3 is 0 Å². The molecule has 0 amide bonds. The zero-order valence-corrected chi connectivity index (χ0v) is 16.8. The summed E-state index contributed by atoms with van der Waals surface area (Å²) in [6.07, 6.45) is 6.31. The molecular formula is C22H25N7. The summed E-state index contributed by atoms with van der Waals surface area (Å²) in [5.41, 5.74) is 4.87. The summed E-state index contributed by atoms with van der Waals surface area (Å²) in [4.78, 5) is 18.0. The van der Waals surface area contributed by atoms with Gasteiger partial charge < -0.3 is 15.2 Å². The average Bonchev–Trinajstić information content (AvgIpc) is 3.13. The van der Waals surface area contributed by atoms with Crippen molar-refractivity contribution in [2.24, 2.45) is 0 Å². The molecule has 0 unspecified atom stereocenters. The van der Waals surface area contributed by atoms with Crippen molar-refractivity contribution in [1.82, 2.24) is 29.8 Å². The van der Waals surface area contributed by atoms with Crippen LogP contribution in [-0.2, 0) is 13.0 Å². The summed E-state index contributed by atoms with van der Waals surface area (Å²) < 4.78 is 2.10. The van der Waals surface area contributed by atoms with Gasteiger partial charge in [0.25, 0.3) is 0 Å². The van der Waals surface area contributed by atoms with Crippen LogP contribution in [0.4, 0.5) is 11.6 Å². The number of hydrogen-bond acceptors (Lipinski definition) is 6. The van der Waals surface area contributed by atoms with Gasteiger partial charge in [-0.15, -0.1) is 0 Å². The van der Waals surface area contributed by atoms with Gasteiger partial charge in [0.15, 0.2) is 5.65 Å². The van der Waals surface area contributed by atoms with E-state index < -0.39 is 0 Å². The Morgan fingerprint density at radius 2 is 1.90 bits per heavy atom. The molecule has 0 fully saturated rings. The van der Waals surface area contributed by atoms with Gasteiger partial charge in [-0.25, -0.2) is 9.97 Å². The zero-order valence-electron chi connectivity index (χ0n) is 16.8. The number of rotatable bonds is 8. The lowest BCUT2D eigenvalue weighted by Gasteiger charge is -2.08. The second kappa shape index (κ2) is 8.79. The minimum absolute atomic E-state index is 0.567. The molecule has 29 heavy (non-hydrogen) atoms. The third kappa shape index (κ3) is 4.25. The monoisotopic (exact) mass is 387 g/mol. The highest BCUT2D eigenvalue weighted by molar-refractivity contribution is 5.77. The Morgan fingerprint density at radius 1 is 1.03 bits per heavy atom. The van der Waals surface area contributed by atoms with Crippen molar-refractivity contribution in [3.8, 4) is 11.4 Å². The number of anilines is 2. The molecule has 0 atom stereocenters. The van der Waals surface area contributed by atoms with E-state index in [1.807, 2.05) is 18.2 Å². The van der Waals surface area contributed by atoms with E-state index in [1.165, 1.54) is 5.56 Å². The summed E-state index contributed by atoms with van der Waals surface area (Å²) >= 11 is 0. The molecule has 0 bridgehead atoms. The average molecular weight is 387 g/mol. The van der Waals surface area contributed by atoms with E-state index in [2.05, 4.69) is 57.2 Å². The van der Waals surface area contributed by atoms with Crippen molar-refractivity contribution in [2.75, 3.05) is 18.4 Å². The van der Waals surface area contributed by atoms with Gasteiger partial charge in [0.05, 0.1) is 6.20 Å². The number of hydrogen-bond donors (Lipinski definition) is 2. The number of likely N-dealkylation sites (N-methyl/N-ethyl adjacent to an activating group) is 1. The van der Waals surface area contributed by atoms with Crippen LogP contribution in [0.5, 0.6) is 0 Å². The number of nitrogens with zero attached hydrogens (tertiary/aromatic N) is 5. The third-order valence-electron chi connectivity index (χ3n) is 4.77. The Labute approximate surface area is 170 Å². The lowest BCUT2D eigenvalue weighted by atomic mass is 10.1. The molecule has 1 aromatic carbocycles. The highest BCUT2D eigenvalue weighted by Crippen LogP contribution is 2.24. The Bertz CT molecular complexity index is 1090. The van der Waals surface area contributed by atoms with Crippen molar-refractivity contribution >= 4 is 22.8 Å². The van der Waals surface area contributed by atoms with E-state index in [0.29, 0.717) is 5.95 Å². The zero-order chi connectivity index (χ0) is 20.1. The Balaban J connectivity index is 1.62. The summed E-state index contributed by atoms with van der Waals surface area (Å²) in [5, 5.41) is 6.69. The molecule has 148 valence electrons. The van der Waals surface area contributed by atoms with Crippen LogP contribution >= 0.6 is 0 Å². The van der Waals surface area contributed by atoms with Gasteiger partial charge in [-0.3, -0.25) is 4.98 Å². The minimum Gasteiger partial charge on any atom is -0.324 e. The van der Waals surface area contributed by atoms with Gasteiger partial charge in [-0.05, 0) is 56.3 Å². The molecule has 0 saturated heterocycles. The molecule has 0 aliphatic rings. The number of aryl methyl sites for hydroxylation is 1. The van der Waals surface area contributed by atoms with E-state index in [0.717, 1.165) is 54.3 Å². The number of fused-ring (bicyclic) bond motifs is 1. The van der Waals surface area contributed by atoms with Crippen LogP contribution in [0.1, 0.15) is 19.4 Å². The van der Waals surface area contributed by atoms with Crippen LogP contribution in [0.15, 0.2) is 55.0 Å². The van der Waals surface area contributed by atoms with Crippen LogP contribution < -0.4 is 10.6 Å². The first-order valence-electron chi connectivity index (χ1n) is 9.99. The molecule has 0 spiro atoms. The number of aromatic nitrogens is 5. The van der Waals surface area contributed by atoms with E-state index in [1.54, 1.807) is 18.6 Å². The normalized spacial score (nSPS) is 11.1. The molecular weight excluding hydrogens is 362 g/mol. The number of pyridine rings is 1. The topological polar surface area (TPSA) is 80.5 Å². The van der Waals surface area contributed by atoms with E-state index >= 15 is 0 Å². The van der Waals surface area contributed by atoms with Crippen molar-refractivity contribution in [2.45, 2.75) is 26.8 Å².